The van der Waals surface area contributed by atoms with Crippen molar-refractivity contribution in [3.8, 4) is 0 Å². The Morgan fingerprint density at radius 2 is 2.44 bits per heavy atom. The molecule has 0 aromatic carbocycles. The van der Waals surface area contributed by atoms with Gasteiger partial charge in [0.25, 0.3) is 0 Å². The van der Waals surface area contributed by atoms with Crippen LogP contribution in [0.5, 0.6) is 0 Å². The number of hydrogen-bond donors (Lipinski definition) is 2. The van der Waals surface area contributed by atoms with E-state index >= 15 is 0 Å². The van der Waals surface area contributed by atoms with E-state index in [1.54, 1.807) is 6.20 Å². The van der Waals surface area contributed by atoms with Crippen LogP contribution in [0.25, 0.3) is 0 Å². The van der Waals surface area contributed by atoms with E-state index in [2.05, 4.69) is 4.98 Å². The number of aromatic nitrogens is 1. The highest BCUT2D eigenvalue weighted by atomic mass is 32.1. The van der Waals surface area contributed by atoms with Crippen molar-refractivity contribution in [1.82, 2.24) is 4.98 Å². The second-order valence-corrected chi connectivity index (χ2v) is 4.42. The van der Waals surface area contributed by atoms with Crippen molar-refractivity contribution in [3.63, 3.8) is 0 Å². The molecule has 16 heavy (non-hydrogen) atoms. The summed E-state index contributed by atoms with van der Waals surface area (Å²) in [5.41, 5.74) is 6.44. The van der Waals surface area contributed by atoms with E-state index in [4.69, 9.17) is 18.0 Å². The number of aliphatic hydroxyl groups excluding tert-OH is 1. The average Bonchev–Trinajstić information content (AvgIpc) is 2.29. The van der Waals surface area contributed by atoms with Gasteiger partial charge in [-0.1, -0.05) is 12.2 Å². The highest BCUT2D eigenvalue weighted by Gasteiger charge is 2.21. The molecule has 3 N–H and O–H groups in total. The Morgan fingerprint density at radius 1 is 1.62 bits per heavy atom. The molecule has 2 heterocycles. The van der Waals surface area contributed by atoms with Crippen molar-refractivity contribution in [3.05, 3.63) is 23.9 Å². The first kappa shape index (κ1) is 11.3. The van der Waals surface area contributed by atoms with Crippen LogP contribution in [0.2, 0.25) is 0 Å². The van der Waals surface area contributed by atoms with Crippen LogP contribution < -0.4 is 10.6 Å². The molecule has 86 valence electrons. The Bertz CT molecular complexity index is 397. The fourth-order valence-electron chi connectivity index (χ4n) is 1.99. The molecular formula is C11H15N3OS. The summed E-state index contributed by atoms with van der Waals surface area (Å²) < 4.78 is 0. The molecule has 1 atom stereocenters. The van der Waals surface area contributed by atoms with Crippen LogP contribution in [0.3, 0.4) is 0 Å². The van der Waals surface area contributed by atoms with E-state index < -0.39 is 0 Å². The number of nitrogens with zero attached hydrogens (tertiary/aromatic N) is 2. The third kappa shape index (κ3) is 2.31. The molecule has 1 aromatic heterocycles. The zero-order valence-corrected chi connectivity index (χ0v) is 9.78. The molecule has 0 aliphatic carbocycles. The van der Waals surface area contributed by atoms with E-state index in [0.29, 0.717) is 11.5 Å². The van der Waals surface area contributed by atoms with E-state index in [1.165, 1.54) is 0 Å². The molecule has 0 radical (unpaired) electrons. The van der Waals surface area contributed by atoms with Gasteiger partial charge in [-0.25, -0.2) is 4.98 Å². The maximum atomic E-state index is 9.64. The molecule has 1 fully saturated rings. The third-order valence-electron chi connectivity index (χ3n) is 2.75. The van der Waals surface area contributed by atoms with Crippen molar-refractivity contribution >= 4 is 23.0 Å². The fourth-order valence-corrected chi connectivity index (χ4v) is 2.15. The fraction of sp³-hybridized carbons (Fsp3) is 0.455. The largest absolute Gasteiger partial charge is 0.391 e. The summed E-state index contributed by atoms with van der Waals surface area (Å²) in [5.74, 6) is 0.786. The van der Waals surface area contributed by atoms with E-state index in [0.717, 1.165) is 30.8 Å². The number of nitrogens with two attached hydrogens (primary N) is 1. The smallest absolute Gasteiger partial charge is 0.138 e. The lowest BCUT2D eigenvalue weighted by Gasteiger charge is -2.32. The quantitative estimate of drug-likeness (QED) is 0.741. The minimum absolute atomic E-state index is 0.282. The lowest BCUT2D eigenvalue weighted by molar-refractivity contribution is 0.154. The van der Waals surface area contributed by atoms with Gasteiger partial charge in [-0.2, -0.15) is 0 Å². The molecule has 5 heteroatoms. The van der Waals surface area contributed by atoms with Crippen LogP contribution in [0, 0.1) is 0 Å². The van der Waals surface area contributed by atoms with Crippen LogP contribution in [-0.4, -0.2) is 34.3 Å². The Kier molecular flexibility index (Phi) is 3.36. The second-order valence-electron chi connectivity index (χ2n) is 3.98. The molecule has 2 rings (SSSR count). The van der Waals surface area contributed by atoms with Crippen molar-refractivity contribution in [2.24, 2.45) is 5.73 Å². The van der Waals surface area contributed by atoms with Gasteiger partial charge in [0.1, 0.15) is 10.8 Å². The van der Waals surface area contributed by atoms with Gasteiger partial charge in [0, 0.05) is 19.3 Å². The minimum Gasteiger partial charge on any atom is -0.391 e. The first-order valence-electron chi connectivity index (χ1n) is 5.36. The number of aliphatic hydroxyl groups is 1. The topological polar surface area (TPSA) is 62.4 Å². The van der Waals surface area contributed by atoms with Crippen LogP contribution in [-0.2, 0) is 0 Å². The van der Waals surface area contributed by atoms with Crippen molar-refractivity contribution in [1.29, 1.82) is 0 Å². The van der Waals surface area contributed by atoms with Crippen molar-refractivity contribution < 1.29 is 5.11 Å². The number of thiocarbonyl (C=S) groups is 1. The number of rotatable bonds is 2. The van der Waals surface area contributed by atoms with E-state index in [1.807, 2.05) is 17.0 Å². The summed E-state index contributed by atoms with van der Waals surface area (Å²) in [4.78, 5) is 6.70. The number of β-amino-alcohol motifs (C(OH)–C–C–N with tert-alkyl or cyclic N) is 1. The molecule has 1 aromatic rings. The molecule has 1 unspecified atom stereocenters. The third-order valence-corrected chi connectivity index (χ3v) is 2.97. The van der Waals surface area contributed by atoms with Crippen molar-refractivity contribution in [2.75, 3.05) is 18.0 Å². The summed E-state index contributed by atoms with van der Waals surface area (Å²) in [6.45, 7) is 1.50. The van der Waals surface area contributed by atoms with Crippen LogP contribution >= 0.6 is 12.2 Å². The number of piperidine rings is 1. The van der Waals surface area contributed by atoms with Gasteiger partial charge >= 0.3 is 0 Å². The lowest BCUT2D eigenvalue weighted by atomic mass is 10.1. The lowest BCUT2D eigenvalue weighted by Crippen LogP contribution is -2.39. The molecule has 1 aliphatic heterocycles. The van der Waals surface area contributed by atoms with Crippen molar-refractivity contribution in [2.45, 2.75) is 18.9 Å². The second kappa shape index (κ2) is 4.76. The minimum atomic E-state index is -0.282. The first-order chi connectivity index (χ1) is 7.68. The average molecular weight is 237 g/mol. The highest BCUT2D eigenvalue weighted by molar-refractivity contribution is 7.80. The zero-order chi connectivity index (χ0) is 11.5. The number of hydrogen-bond acceptors (Lipinski definition) is 4. The zero-order valence-electron chi connectivity index (χ0n) is 8.97. The summed E-state index contributed by atoms with van der Waals surface area (Å²) >= 11 is 5.00. The predicted octanol–water partition coefficient (Wildman–Crippen LogP) is 0.677. The van der Waals surface area contributed by atoms with Crippen LogP contribution in [0.15, 0.2) is 18.3 Å². The SMILES string of the molecule is NC(=S)c1cccnc1N1CCCC(O)C1. The van der Waals surface area contributed by atoms with Crippen LogP contribution in [0.4, 0.5) is 5.82 Å². The first-order valence-corrected chi connectivity index (χ1v) is 5.77. The molecule has 1 saturated heterocycles. The summed E-state index contributed by atoms with van der Waals surface area (Å²) in [6.07, 6.45) is 3.26. The number of anilines is 1. The molecule has 0 bridgehead atoms. The normalized spacial score (nSPS) is 20.8. The van der Waals surface area contributed by atoms with E-state index in [-0.39, 0.29) is 6.10 Å². The Balaban J connectivity index is 2.28. The highest BCUT2D eigenvalue weighted by Crippen LogP contribution is 2.21. The monoisotopic (exact) mass is 237 g/mol. The van der Waals surface area contributed by atoms with Gasteiger partial charge in [0.15, 0.2) is 0 Å². The molecule has 0 spiro atoms. The maximum Gasteiger partial charge on any atom is 0.138 e. The van der Waals surface area contributed by atoms with Gasteiger partial charge in [-0.15, -0.1) is 0 Å². The Hall–Kier alpha value is -1.20. The molecule has 0 saturated carbocycles. The van der Waals surface area contributed by atoms with Gasteiger partial charge in [-0.3, -0.25) is 0 Å². The predicted molar refractivity (Wildman–Crippen MR) is 67.6 cm³/mol. The summed E-state index contributed by atoms with van der Waals surface area (Å²) in [5, 5.41) is 9.64. The molecule has 1 aliphatic rings. The summed E-state index contributed by atoms with van der Waals surface area (Å²) in [6, 6.07) is 3.68. The summed E-state index contributed by atoms with van der Waals surface area (Å²) in [7, 11) is 0. The number of pyridine rings is 1. The van der Waals surface area contributed by atoms with Gasteiger partial charge in [-0.05, 0) is 25.0 Å². The Labute approximate surface area is 100 Å². The van der Waals surface area contributed by atoms with Gasteiger partial charge in [0.05, 0.1) is 11.7 Å². The van der Waals surface area contributed by atoms with E-state index in [9.17, 15) is 5.11 Å². The molecule has 4 nitrogen and oxygen atoms in total. The molecular weight excluding hydrogens is 222 g/mol. The maximum absolute atomic E-state index is 9.64. The van der Waals surface area contributed by atoms with Gasteiger partial charge < -0.3 is 15.7 Å². The van der Waals surface area contributed by atoms with Gasteiger partial charge in [0.2, 0.25) is 0 Å². The molecule has 0 amide bonds. The Morgan fingerprint density at radius 3 is 3.12 bits per heavy atom. The van der Waals surface area contributed by atoms with Crippen LogP contribution in [0.1, 0.15) is 18.4 Å². The standard InChI is InChI=1S/C11H15N3OS/c12-10(16)9-4-1-5-13-11(9)14-6-2-3-8(15)7-14/h1,4-5,8,15H,2-3,6-7H2,(H2,12,16).